The SMILES string of the molecule is CCCc1nc(C2CN(C(=O)CC(C)n3cccc3)CCO2)n[nH]1. The molecule has 2 unspecified atom stereocenters. The summed E-state index contributed by atoms with van der Waals surface area (Å²) < 4.78 is 7.83. The van der Waals surface area contributed by atoms with Gasteiger partial charge in [-0.05, 0) is 25.5 Å². The summed E-state index contributed by atoms with van der Waals surface area (Å²) in [5.41, 5.74) is 0. The number of hydrogen-bond acceptors (Lipinski definition) is 4. The topological polar surface area (TPSA) is 76.0 Å². The summed E-state index contributed by atoms with van der Waals surface area (Å²) in [6.07, 6.45) is 6.10. The number of aryl methyl sites for hydroxylation is 1. The van der Waals surface area contributed by atoms with Crippen LogP contribution in [0.15, 0.2) is 24.5 Å². The van der Waals surface area contributed by atoms with Crippen LogP contribution >= 0.6 is 0 Å². The number of nitrogens with one attached hydrogen (secondary N) is 1. The van der Waals surface area contributed by atoms with Gasteiger partial charge >= 0.3 is 0 Å². The maximum atomic E-state index is 12.6. The number of ether oxygens (including phenoxy) is 1. The molecule has 24 heavy (non-hydrogen) atoms. The third-order valence-electron chi connectivity index (χ3n) is 4.35. The summed E-state index contributed by atoms with van der Waals surface area (Å²) in [6, 6.07) is 4.10. The Morgan fingerprint density at radius 3 is 3.00 bits per heavy atom. The maximum absolute atomic E-state index is 12.6. The van der Waals surface area contributed by atoms with Crippen molar-refractivity contribution in [2.75, 3.05) is 19.7 Å². The molecule has 0 aromatic carbocycles. The normalized spacial score (nSPS) is 19.4. The summed E-state index contributed by atoms with van der Waals surface area (Å²) in [5, 5.41) is 7.20. The average Bonchev–Trinajstić information content (AvgIpc) is 3.27. The lowest BCUT2D eigenvalue weighted by Gasteiger charge is -2.32. The van der Waals surface area contributed by atoms with Gasteiger partial charge < -0.3 is 14.2 Å². The summed E-state index contributed by atoms with van der Waals surface area (Å²) in [7, 11) is 0. The number of rotatable bonds is 6. The average molecular weight is 331 g/mol. The fourth-order valence-corrected chi connectivity index (χ4v) is 2.96. The number of carbonyl (C=O) groups is 1. The first kappa shape index (κ1) is 16.7. The van der Waals surface area contributed by atoms with Crippen LogP contribution in [0, 0.1) is 0 Å². The molecule has 2 aromatic heterocycles. The van der Waals surface area contributed by atoms with Crippen LogP contribution in [0.2, 0.25) is 0 Å². The van der Waals surface area contributed by atoms with E-state index in [2.05, 4.69) is 33.6 Å². The standard InChI is InChI=1S/C17H25N5O2/c1-3-6-15-18-17(20-19-15)14-12-22(9-10-24-14)16(23)11-13(2)21-7-4-5-8-21/h4-5,7-8,13-14H,3,6,9-12H2,1-2H3,(H,18,19,20). The van der Waals surface area contributed by atoms with Crippen LogP contribution in [-0.4, -0.2) is 50.3 Å². The third-order valence-corrected chi connectivity index (χ3v) is 4.35. The Balaban J connectivity index is 1.59. The minimum Gasteiger partial charge on any atom is -0.366 e. The van der Waals surface area contributed by atoms with Crippen molar-refractivity contribution in [3.63, 3.8) is 0 Å². The summed E-state index contributed by atoms with van der Waals surface area (Å²) >= 11 is 0. The fourth-order valence-electron chi connectivity index (χ4n) is 2.96. The summed E-state index contributed by atoms with van der Waals surface area (Å²) in [6.45, 7) is 5.82. The molecule has 3 rings (SSSR count). The van der Waals surface area contributed by atoms with Crippen molar-refractivity contribution < 1.29 is 9.53 Å². The number of amides is 1. The molecule has 1 aliphatic heterocycles. The van der Waals surface area contributed by atoms with Gasteiger partial charge in [0, 0.05) is 37.8 Å². The lowest BCUT2D eigenvalue weighted by molar-refractivity contribution is -0.140. The Morgan fingerprint density at radius 2 is 2.25 bits per heavy atom. The number of nitrogens with zero attached hydrogens (tertiary/aromatic N) is 4. The van der Waals surface area contributed by atoms with Crippen molar-refractivity contribution >= 4 is 5.91 Å². The Kier molecular flexibility index (Phi) is 5.30. The maximum Gasteiger partial charge on any atom is 0.224 e. The Bertz CT molecular complexity index is 652. The van der Waals surface area contributed by atoms with E-state index in [0.717, 1.165) is 18.7 Å². The van der Waals surface area contributed by atoms with E-state index in [0.29, 0.717) is 31.9 Å². The Hall–Kier alpha value is -2.15. The third kappa shape index (κ3) is 3.84. The van der Waals surface area contributed by atoms with Crippen molar-refractivity contribution in [3.05, 3.63) is 36.2 Å². The predicted octanol–water partition coefficient (Wildman–Crippen LogP) is 2.11. The molecule has 130 valence electrons. The first-order chi connectivity index (χ1) is 11.7. The molecule has 1 aliphatic rings. The van der Waals surface area contributed by atoms with Crippen LogP contribution in [0.1, 0.15) is 50.5 Å². The highest BCUT2D eigenvalue weighted by molar-refractivity contribution is 5.76. The van der Waals surface area contributed by atoms with Gasteiger partial charge in [0.2, 0.25) is 5.91 Å². The van der Waals surface area contributed by atoms with Crippen LogP contribution in [0.3, 0.4) is 0 Å². The highest BCUT2D eigenvalue weighted by Gasteiger charge is 2.28. The molecule has 1 amide bonds. The van der Waals surface area contributed by atoms with Crippen LogP contribution in [0.5, 0.6) is 0 Å². The molecular formula is C17H25N5O2. The molecule has 1 saturated heterocycles. The van der Waals surface area contributed by atoms with Gasteiger partial charge in [0.05, 0.1) is 13.2 Å². The molecule has 0 bridgehead atoms. The minimum atomic E-state index is -0.244. The molecule has 2 aromatic rings. The van der Waals surface area contributed by atoms with Crippen LogP contribution in [0.4, 0.5) is 0 Å². The van der Waals surface area contributed by atoms with Crippen molar-refractivity contribution in [1.82, 2.24) is 24.6 Å². The molecular weight excluding hydrogens is 306 g/mol. The van der Waals surface area contributed by atoms with Crippen LogP contribution in [0.25, 0.3) is 0 Å². The van der Waals surface area contributed by atoms with E-state index in [4.69, 9.17) is 4.74 Å². The summed E-state index contributed by atoms with van der Waals surface area (Å²) in [4.78, 5) is 18.9. The van der Waals surface area contributed by atoms with E-state index in [-0.39, 0.29) is 18.1 Å². The van der Waals surface area contributed by atoms with Gasteiger partial charge in [-0.25, -0.2) is 4.98 Å². The van der Waals surface area contributed by atoms with E-state index >= 15 is 0 Å². The fraction of sp³-hybridized carbons (Fsp3) is 0.588. The number of carbonyl (C=O) groups excluding carboxylic acids is 1. The number of aromatic amines is 1. The van der Waals surface area contributed by atoms with E-state index in [1.807, 2.05) is 29.4 Å². The quantitative estimate of drug-likeness (QED) is 0.879. The van der Waals surface area contributed by atoms with Gasteiger partial charge in [-0.15, -0.1) is 0 Å². The number of H-pyrrole nitrogens is 1. The molecule has 2 atom stereocenters. The zero-order chi connectivity index (χ0) is 16.9. The molecule has 0 saturated carbocycles. The van der Waals surface area contributed by atoms with Gasteiger partial charge in [0.1, 0.15) is 11.9 Å². The summed E-state index contributed by atoms with van der Waals surface area (Å²) in [5.74, 6) is 1.67. The number of morpholine rings is 1. The van der Waals surface area contributed by atoms with Gasteiger partial charge in [0.15, 0.2) is 5.82 Å². The Labute approximate surface area is 142 Å². The molecule has 7 heteroatoms. The van der Waals surface area contributed by atoms with Gasteiger partial charge in [-0.3, -0.25) is 9.89 Å². The second-order valence-corrected chi connectivity index (χ2v) is 6.27. The predicted molar refractivity (Wildman–Crippen MR) is 89.4 cm³/mol. The van der Waals surface area contributed by atoms with Gasteiger partial charge in [-0.2, -0.15) is 5.10 Å². The van der Waals surface area contributed by atoms with E-state index < -0.39 is 0 Å². The number of aromatic nitrogens is 4. The second kappa shape index (κ2) is 7.61. The van der Waals surface area contributed by atoms with Crippen LogP contribution in [-0.2, 0) is 16.0 Å². The largest absolute Gasteiger partial charge is 0.366 e. The monoisotopic (exact) mass is 331 g/mol. The van der Waals surface area contributed by atoms with Crippen LogP contribution < -0.4 is 0 Å². The highest BCUT2D eigenvalue weighted by atomic mass is 16.5. The molecule has 3 heterocycles. The number of hydrogen-bond donors (Lipinski definition) is 1. The molecule has 0 aliphatic carbocycles. The molecule has 7 nitrogen and oxygen atoms in total. The Morgan fingerprint density at radius 1 is 1.46 bits per heavy atom. The van der Waals surface area contributed by atoms with Crippen molar-refractivity contribution in [2.24, 2.45) is 0 Å². The highest BCUT2D eigenvalue weighted by Crippen LogP contribution is 2.21. The van der Waals surface area contributed by atoms with Crippen molar-refractivity contribution in [3.8, 4) is 0 Å². The van der Waals surface area contributed by atoms with Crippen molar-refractivity contribution in [2.45, 2.75) is 45.3 Å². The van der Waals surface area contributed by atoms with E-state index in [1.54, 1.807) is 0 Å². The second-order valence-electron chi connectivity index (χ2n) is 6.27. The first-order valence-electron chi connectivity index (χ1n) is 8.60. The first-order valence-corrected chi connectivity index (χ1v) is 8.60. The molecule has 0 spiro atoms. The molecule has 0 radical (unpaired) electrons. The van der Waals surface area contributed by atoms with Crippen molar-refractivity contribution in [1.29, 1.82) is 0 Å². The lowest BCUT2D eigenvalue weighted by atomic mass is 10.2. The molecule has 1 N–H and O–H groups in total. The van der Waals surface area contributed by atoms with E-state index in [1.165, 1.54) is 0 Å². The minimum absolute atomic E-state index is 0.147. The van der Waals surface area contributed by atoms with Gasteiger partial charge in [-0.1, -0.05) is 6.92 Å². The van der Waals surface area contributed by atoms with E-state index in [9.17, 15) is 4.79 Å². The lowest BCUT2D eigenvalue weighted by Crippen LogP contribution is -2.43. The van der Waals surface area contributed by atoms with Gasteiger partial charge in [0.25, 0.3) is 0 Å². The molecule has 1 fully saturated rings. The smallest absolute Gasteiger partial charge is 0.224 e. The zero-order valence-corrected chi connectivity index (χ0v) is 14.3. The zero-order valence-electron chi connectivity index (χ0n) is 14.3.